The van der Waals surface area contributed by atoms with Gasteiger partial charge in [0.2, 0.25) is 5.91 Å². The van der Waals surface area contributed by atoms with E-state index in [1.165, 1.54) is 14.0 Å². The molecule has 16 heavy (non-hydrogen) atoms. The van der Waals surface area contributed by atoms with Crippen molar-refractivity contribution in [3.05, 3.63) is 34.9 Å². The molecular weight excluding hydrogens is 230 g/mol. The van der Waals surface area contributed by atoms with E-state index in [0.29, 0.717) is 10.6 Å². The normalized spacial score (nSPS) is 11.9. The van der Waals surface area contributed by atoms with E-state index in [2.05, 4.69) is 0 Å². The average molecular weight is 242 g/mol. The number of halogens is 1. The topological polar surface area (TPSA) is 57.6 Å². The van der Waals surface area contributed by atoms with Crippen molar-refractivity contribution in [2.75, 3.05) is 7.05 Å². The number of amides is 1. The fourth-order valence-electron chi connectivity index (χ4n) is 1.39. The molecule has 0 saturated heterocycles. The first-order valence-corrected chi connectivity index (χ1v) is 5.03. The number of hydrogen-bond donors (Lipinski definition) is 1. The largest absolute Gasteiger partial charge is 0.479 e. The lowest BCUT2D eigenvalue weighted by Gasteiger charge is -2.23. The minimum Gasteiger partial charge on any atom is -0.479 e. The van der Waals surface area contributed by atoms with Crippen LogP contribution >= 0.6 is 11.6 Å². The summed E-state index contributed by atoms with van der Waals surface area (Å²) in [5.41, 5.74) is 0.484. The molecule has 0 radical (unpaired) electrons. The molecule has 86 valence electrons. The summed E-state index contributed by atoms with van der Waals surface area (Å²) in [6.07, 6.45) is 0. The van der Waals surface area contributed by atoms with E-state index in [1.807, 2.05) is 0 Å². The van der Waals surface area contributed by atoms with Gasteiger partial charge >= 0.3 is 5.97 Å². The zero-order chi connectivity index (χ0) is 12.3. The average Bonchev–Trinajstić information content (AvgIpc) is 2.17. The summed E-state index contributed by atoms with van der Waals surface area (Å²) in [7, 11) is 1.45. The highest BCUT2D eigenvalue weighted by Crippen LogP contribution is 2.22. The number of carboxylic acid groups (broad SMARTS) is 1. The Morgan fingerprint density at radius 3 is 2.50 bits per heavy atom. The van der Waals surface area contributed by atoms with Gasteiger partial charge in [0.05, 0.1) is 0 Å². The van der Waals surface area contributed by atoms with E-state index >= 15 is 0 Å². The summed E-state index contributed by atoms with van der Waals surface area (Å²) in [4.78, 5) is 23.5. The molecule has 1 unspecified atom stereocenters. The molecule has 0 aliphatic heterocycles. The lowest BCUT2D eigenvalue weighted by molar-refractivity contribution is -0.148. The highest BCUT2D eigenvalue weighted by atomic mass is 35.5. The minimum atomic E-state index is -1.08. The summed E-state index contributed by atoms with van der Waals surface area (Å²) in [5, 5.41) is 9.54. The summed E-state index contributed by atoms with van der Waals surface area (Å²) in [5.74, 6) is -1.40. The molecular formula is C11H12ClNO3. The molecule has 0 aliphatic rings. The maximum absolute atomic E-state index is 11.2. The van der Waals surface area contributed by atoms with Crippen molar-refractivity contribution in [3.8, 4) is 0 Å². The first-order chi connectivity index (χ1) is 7.43. The van der Waals surface area contributed by atoms with Gasteiger partial charge in [-0.2, -0.15) is 0 Å². The van der Waals surface area contributed by atoms with Crippen LogP contribution in [0, 0.1) is 0 Å². The number of likely N-dealkylation sites (N-methyl/N-ethyl adjacent to an activating group) is 1. The van der Waals surface area contributed by atoms with E-state index in [1.54, 1.807) is 24.3 Å². The summed E-state index contributed by atoms with van der Waals surface area (Å²) in [6.45, 7) is 1.32. The Balaban J connectivity index is 3.12. The van der Waals surface area contributed by atoms with Gasteiger partial charge in [-0.15, -0.1) is 0 Å². The van der Waals surface area contributed by atoms with Gasteiger partial charge in [-0.05, 0) is 17.7 Å². The minimum absolute atomic E-state index is 0.313. The Hall–Kier alpha value is -1.55. The summed E-state index contributed by atoms with van der Waals surface area (Å²) in [6, 6.07) is 5.47. The third-order valence-corrected chi connectivity index (χ3v) is 2.52. The number of carboxylic acids is 1. The van der Waals surface area contributed by atoms with E-state index < -0.39 is 12.0 Å². The van der Waals surface area contributed by atoms with E-state index in [-0.39, 0.29) is 5.91 Å². The molecule has 0 aliphatic carbocycles. The first kappa shape index (κ1) is 12.5. The van der Waals surface area contributed by atoms with E-state index in [9.17, 15) is 9.59 Å². The van der Waals surface area contributed by atoms with Crippen LogP contribution < -0.4 is 0 Å². The zero-order valence-corrected chi connectivity index (χ0v) is 9.73. The summed E-state index contributed by atoms with van der Waals surface area (Å²) >= 11 is 5.78. The molecule has 1 atom stereocenters. The third-order valence-electron chi connectivity index (χ3n) is 2.28. The molecule has 0 saturated carbocycles. The van der Waals surface area contributed by atoms with Crippen molar-refractivity contribution in [1.82, 2.24) is 4.90 Å². The molecule has 5 heteroatoms. The van der Waals surface area contributed by atoms with E-state index in [4.69, 9.17) is 16.7 Å². The van der Waals surface area contributed by atoms with Crippen LogP contribution in [0.5, 0.6) is 0 Å². The predicted molar refractivity (Wildman–Crippen MR) is 60.3 cm³/mol. The Morgan fingerprint density at radius 2 is 2.06 bits per heavy atom. The van der Waals surface area contributed by atoms with Gasteiger partial charge < -0.3 is 10.0 Å². The monoisotopic (exact) mass is 241 g/mol. The SMILES string of the molecule is CC(=O)N(C)C(C(=O)O)c1cccc(Cl)c1. The Labute approximate surface area is 98.4 Å². The van der Waals surface area contributed by atoms with Gasteiger partial charge in [-0.3, -0.25) is 4.79 Å². The Bertz CT molecular complexity index is 419. The van der Waals surface area contributed by atoms with E-state index in [0.717, 1.165) is 4.90 Å². The second kappa shape index (κ2) is 4.99. The second-order valence-electron chi connectivity index (χ2n) is 3.43. The standard InChI is InChI=1S/C11H12ClNO3/c1-7(14)13(2)10(11(15)16)8-4-3-5-9(12)6-8/h3-6,10H,1-2H3,(H,15,16). The molecule has 0 bridgehead atoms. The van der Waals surface area contributed by atoms with Crippen LogP contribution in [0.25, 0.3) is 0 Å². The van der Waals surface area contributed by atoms with Gasteiger partial charge in [0.15, 0.2) is 6.04 Å². The second-order valence-corrected chi connectivity index (χ2v) is 3.86. The quantitative estimate of drug-likeness (QED) is 0.880. The van der Waals surface area contributed by atoms with Crippen LogP contribution in [0.2, 0.25) is 5.02 Å². The number of rotatable bonds is 3. The van der Waals surface area contributed by atoms with Crippen LogP contribution in [0.15, 0.2) is 24.3 Å². The van der Waals surface area contributed by atoms with Gasteiger partial charge in [-0.1, -0.05) is 23.7 Å². The zero-order valence-electron chi connectivity index (χ0n) is 8.98. The van der Waals surface area contributed by atoms with Crippen LogP contribution in [-0.2, 0) is 9.59 Å². The molecule has 4 nitrogen and oxygen atoms in total. The third kappa shape index (κ3) is 2.73. The number of carbonyl (C=O) groups excluding carboxylic acids is 1. The van der Waals surface area contributed by atoms with Crippen molar-refractivity contribution in [3.63, 3.8) is 0 Å². The van der Waals surface area contributed by atoms with Crippen LogP contribution in [-0.4, -0.2) is 28.9 Å². The fraction of sp³-hybridized carbons (Fsp3) is 0.273. The van der Waals surface area contributed by atoms with Gasteiger partial charge in [0, 0.05) is 19.0 Å². The molecule has 1 N–H and O–H groups in total. The number of aliphatic carboxylic acids is 1. The lowest BCUT2D eigenvalue weighted by atomic mass is 10.1. The molecule has 0 heterocycles. The van der Waals surface area contributed by atoms with Crippen molar-refractivity contribution < 1.29 is 14.7 Å². The molecule has 1 aromatic rings. The van der Waals surface area contributed by atoms with Crippen LogP contribution in [0.4, 0.5) is 0 Å². The Kier molecular flexibility index (Phi) is 3.90. The maximum atomic E-state index is 11.2. The van der Waals surface area contributed by atoms with Crippen molar-refractivity contribution in [1.29, 1.82) is 0 Å². The molecule has 1 rings (SSSR count). The van der Waals surface area contributed by atoms with Crippen molar-refractivity contribution in [2.45, 2.75) is 13.0 Å². The van der Waals surface area contributed by atoms with Gasteiger partial charge in [-0.25, -0.2) is 4.79 Å². The lowest BCUT2D eigenvalue weighted by Crippen LogP contribution is -2.34. The number of benzene rings is 1. The highest BCUT2D eigenvalue weighted by molar-refractivity contribution is 6.30. The number of carbonyl (C=O) groups is 2. The van der Waals surface area contributed by atoms with Crippen LogP contribution in [0.1, 0.15) is 18.5 Å². The van der Waals surface area contributed by atoms with Crippen molar-refractivity contribution >= 4 is 23.5 Å². The predicted octanol–water partition coefficient (Wildman–Crippen LogP) is 1.94. The highest BCUT2D eigenvalue weighted by Gasteiger charge is 2.26. The number of nitrogens with zero attached hydrogens (tertiary/aromatic N) is 1. The van der Waals surface area contributed by atoms with Gasteiger partial charge in [0.25, 0.3) is 0 Å². The molecule has 0 spiro atoms. The van der Waals surface area contributed by atoms with Gasteiger partial charge in [0.1, 0.15) is 0 Å². The summed E-state index contributed by atoms with van der Waals surface area (Å²) < 4.78 is 0. The molecule has 1 amide bonds. The maximum Gasteiger partial charge on any atom is 0.331 e. The fourth-order valence-corrected chi connectivity index (χ4v) is 1.59. The molecule has 0 fully saturated rings. The Morgan fingerprint density at radius 1 is 1.44 bits per heavy atom. The van der Waals surface area contributed by atoms with Crippen molar-refractivity contribution in [2.24, 2.45) is 0 Å². The number of hydrogen-bond acceptors (Lipinski definition) is 2. The van der Waals surface area contributed by atoms with Crippen LogP contribution in [0.3, 0.4) is 0 Å². The molecule has 0 aromatic heterocycles. The first-order valence-electron chi connectivity index (χ1n) is 4.65. The smallest absolute Gasteiger partial charge is 0.331 e. The molecule has 1 aromatic carbocycles.